The molecule has 0 aliphatic carbocycles. The molecule has 0 aliphatic rings. The molecular weight excluding hydrogens is 172 g/mol. The summed E-state index contributed by atoms with van der Waals surface area (Å²) in [6.45, 7) is 0. The van der Waals surface area contributed by atoms with Gasteiger partial charge in [-0.1, -0.05) is 17.7 Å². The number of anilines is 1. The molecule has 0 spiro atoms. The monoisotopic (exact) mass is 180 g/mol. The van der Waals surface area contributed by atoms with Gasteiger partial charge in [-0.05, 0) is 12.1 Å². The van der Waals surface area contributed by atoms with Crippen molar-refractivity contribution in [3.63, 3.8) is 0 Å². The summed E-state index contributed by atoms with van der Waals surface area (Å²) < 4.78 is 0. The van der Waals surface area contributed by atoms with Crippen LogP contribution < -0.4 is 4.90 Å². The Morgan fingerprint density at radius 1 is 1.42 bits per heavy atom. The van der Waals surface area contributed by atoms with Crippen molar-refractivity contribution in [1.29, 1.82) is 5.26 Å². The molecular formula is C9H9ClN2. The summed E-state index contributed by atoms with van der Waals surface area (Å²) in [6.07, 6.45) is 0. The van der Waals surface area contributed by atoms with Crippen molar-refractivity contribution in [3.05, 3.63) is 28.8 Å². The van der Waals surface area contributed by atoms with E-state index in [9.17, 15) is 0 Å². The summed E-state index contributed by atoms with van der Waals surface area (Å²) in [7, 11) is 3.76. The van der Waals surface area contributed by atoms with Gasteiger partial charge < -0.3 is 4.90 Å². The number of benzene rings is 1. The lowest BCUT2D eigenvalue weighted by molar-refractivity contribution is 1.12. The molecule has 0 unspecified atom stereocenters. The van der Waals surface area contributed by atoms with Crippen LogP contribution in [0.5, 0.6) is 0 Å². The Balaban J connectivity index is 3.30. The first-order valence-corrected chi connectivity index (χ1v) is 3.90. The first-order valence-electron chi connectivity index (χ1n) is 3.52. The van der Waals surface area contributed by atoms with Gasteiger partial charge in [0.15, 0.2) is 0 Å². The lowest BCUT2D eigenvalue weighted by Crippen LogP contribution is -2.10. The van der Waals surface area contributed by atoms with Crippen LogP contribution in [0.15, 0.2) is 18.2 Å². The lowest BCUT2D eigenvalue weighted by Gasteiger charge is -2.14. The number of hydrogen-bond donors (Lipinski definition) is 0. The van der Waals surface area contributed by atoms with E-state index in [1.165, 1.54) is 0 Å². The summed E-state index contributed by atoms with van der Waals surface area (Å²) in [4.78, 5) is 1.87. The lowest BCUT2D eigenvalue weighted by atomic mass is 10.2. The third kappa shape index (κ3) is 1.51. The minimum Gasteiger partial charge on any atom is -0.377 e. The highest BCUT2D eigenvalue weighted by Gasteiger charge is 2.06. The topological polar surface area (TPSA) is 27.0 Å². The highest BCUT2D eigenvalue weighted by Crippen LogP contribution is 2.24. The van der Waals surface area contributed by atoms with E-state index < -0.39 is 0 Å². The second-order valence-electron chi connectivity index (χ2n) is 2.64. The predicted octanol–water partition coefficient (Wildman–Crippen LogP) is 2.28. The van der Waals surface area contributed by atoms with Gasteiger partial charge in [-0.3, -0.25) is 0 Å². The molecule has 0 amide bonds. The molecule has 1 aromatic carbocycles. The van der Waals surface area contributed by atoms with Crippen molar-refractivity contribution in [2.45, 2.75) is 0 Å². The molecule has 0 radical (unpaired) electrons. The van der Waals surface area contributed by atoms with Crippen LogP contribution in [0.4, 0.5) is 5.69 Å². The van der Waals surface area contributed by atoms with Crippen LogP contribution in [-0.2, 0) is 0 Å². The maximum absolute atomic E-state index is 8.79. The first-order chi connectivity index (χ1) is 5.66. The predicted molar refractivity (Wildman–Crippen MR) is 50.5 cm³/mol. The maximum Gasteiger partial charge on any atom is 0.103 e. The van der Waals surface area contributed by atoms with E-state index in [-0.39, 0.29) is 0 Å². The highest BCUT2D eigenvalue weighted by atomic mass is 35.5. The second-order valence-corrected chi connectivity index (χ2v) is 3.05. The van der Waals surface area contributed by atoms with E-state index >= 15 is 0 Å². The van der Waals surface area contributed by atoms with Gasteiger partial charge in [-0.25, -0.2) is 0 Å². The summed E-state index contributed by atoms with van der Waals surface area (Å²) in [5, 5.41) is 9.29. The van der Waals surface area contributed by atoms with Crippen molar-refractivity contribution in [2.24, 2.45) is 0 Å². The average Bonchev–Trinajstić information content (AvgIpc) is 2.03. The first kappa shape index (κ1) is 8.89. The van der Waals surface area contributed by atoms with Gasteiger partial charge in [0.2, 0.25) is 0 Å². The average molecular weight is 181 g/mol. The van der Waals surface area contributed by atoms with E-state index in [1.807, 2.05) is 31.1 Å². The number of nitriles is 1. The minimum atomic E-state index is 0.503. The summed E-state index contributed by atoms with van der Waals surface area (Å²) in [5.74, 6) is 0. The summed E-state index contributed by atoms with van der Waals surface area (Å²) >= 11 is 5.82. The fourth-order valence-corrected chi connectivity index (χ4v) is 1.21. The van der Waals surface area contributed by atoms with E-state index in [1.54, 1.807) is 6.07 Å². The molecule has 1 rings (SSSR count). The maximum atomic E-state index is 8.79. The largest absolute Gasteiger partial charge is 0.377 e. The molecule has 0 heterocycles. The van der Waals surface area contributed by atoms with E-state index in [4.69, 9.17) is 16.9 Å². The van der Waals surface area contributed by atoms with Crippen LogP contribution in [0.25, 0.3) is 0 Å². The minimum absolute atomic E-state index is 0.503. The van der Waals surface area contributed by atoms with Crippen molar-refractivity contribution in [1.82, 2.24) is 0 Å². The van der Waals surface area contributed by atoms with E-state index in [0.29, 0.717) is 10.6 Å². The molecule has 62 valence electrons. The zero-order chi connectivity index (χ0) is 9.14. The van der Waals surface area contributed by atoms with Crippen LogP contribution in [0.1, 0.15) is 5.56 Å². The summed E-state index contributed by atoms with van der Waals surface area (Å²) in [6, 6.07) is 7.48. The molecule has 0 aliphatic heterocycles. The molecule has 0 atom stereocenters. The van der Waals surface area contributed by atoms with Crippen LogP contribution in [0.3, 0.4) is 0 Å². The Morgan fingerprint density at radius 2 is 2.08 bits per heavy atom. The smallest absolute Gasteiger partial charge is 0.103 e. The Morgan fingerprint density at radius 3 is 2.50 bits per heavy atom. The third-order valence-corrected chi connectivity index (χ3v) is 1.90. The van der Waals surface area contributed by atoms with Gasteiger partial charge in [0.1, 0.15) is 6.07 Å². The highest BCUT2D eigenvalue weighted by molar-refractivity contribution is 6.32. The number of hydrogen-bond acceptors (Lipinski definition) is 2. The molecule has 0 fully saturated rings. The zero-order valence-corrected chi connectivity index (χ0v) is 7.76. The Labute approximate surface area is 77.0 Å². The molecule has 0 saturated heterocycles. The zero-order valence-electron chi connectivity index (χ0n) is 7.00. The normalized spacial score (nSPS) is 9.17. The molecule has 0 aromatic heterocycles. The van der Waals surface area contributed by atoms with Crippen LogP contribution in [0, 0.1) is 11.3 Å². The van der Waals surface area contributed by atoms with Gasteiger partial charge in [0.05, 0.1) is 16.3 Å². The van der Waals surface area contributed by atoms with Crippen LogP contribution in [-0.4, -0.2) is 14.1 Å². The fourth-order valence-electron chi connectivity index (χ4n) is 0.996. The van der Waals surface area contributed by atoms with Gasteiger partial charge >= 0.3 is 0 Å². The standard InChI is InChI=1S/C9H9ClN2/c1-12(2)9-5-3-4-8(10)7(9)6-11/h3-5H,1-2H3. The van der Waals surface area contributed by atoms with Gasteiger partial charge in [-0.2, -0.15) is 5.26 Å². The number of halogens is 1. The van der Waals surface area contributed by atoms with Crippen LogP contribution >= 0.6 is 11.6 Å². The summed E-state index contributed by atoms with van der Waals surface area (Å²) in [5.41, 5.74) is 1.38. The van der Waals surface area contributed by atoms with Crippen molar-refractivity contribution in [2.75, 3.05) is 19.0 Å². The molecule has 2 nitrogen and oxygen atoms in total. The fraction of sp³-hybridized carbons (Fsp3) is 0.222. The Kier molecular flexibility index (Phi) is 2.57. The van der Waals surface area contributed by atoms with Crippen LogP contribution in [0.2, 0.25) is 5.02 Å². The molecule has 0 saturated carbocycles. The van der Waals surface area contributed by atoms with E-state index in [0.717, 1.165) is 5.69 Å². The van der Waals surface area contributed by atoms with Gasteiger partial charge in [-0.15, -0.1) is 0 Å². The Hall–Kier alpha value is -1.20. The number of nitrogens with zero attached hydrogens (tertiary/aromatic N) is 2. The molecule has 3 heteroatoms. The Bertz CT molecular complexity index is 326. The molecule has 1 aromatic rings. The number of rotatable bonds is 1. The molecule has 12 heavy (non-hydrogen) atoms. The van der Waals surface area contributed by atoms with E-state index in [2.05, 4.69) is 6.07 Å². The molecule has 0 bridgehead atoms. The van der Waals surface area contributed by atoms with Crippen molar-refractivity contribution >= 4 is 17.3 Å². The van der Waals surface area contributed by atoms with Gasteiger partial charge in [0.25, 0.3) is 0 Å². The van der Waals surface area contributed by atoms with Crippen molar-refractivity contribution < 1.29 is 0 Å². The van der Waals surface area contributed by atoms with Crippen molar-refractivity contribution in [3.8, 4) is 6.07 Å². The second kappa shape index (κ2) is 3.46. The van der Waals surface area contributed by atoms with Gasteiger partial charge in [0, 0.05) is 14.1 Å². The quantitative estimate of drug-likeness (QED) is 0.663. The SMILES string of the molecule is CN(C)c1cccc(Cl)c1C#N. The molecule has 0 N–H and O–H groups in total. The third-order valence-electron chi connectivity index (χ3n) is 1.59.